The topological polar surface area (TPSA) is 77.2 Å². The van der Waals surface area contributed by atoms with Crippen LogP contribution < -0.4 is 15.8 Å². The van der Waals surface area contributed by atoms with Crippen LogP contribution in [0.15, 0.2) is 29.6 Å². The van der Waals surface area contributed by atoms with Crippen LogP contribution in [-0.4, -0.2) is 17.5 Å². The number of hydrogen-bond acceptors (Lipinski definition) is 5. The van der Waals surface area contributed by atoms with Gasteiger partial charge in [-0.25, -0.2) is 4.98 Å². The van der Waals surface area contributed by atoms with Gasteiger partial charge in [-0.3, -0.25) is 4.79 Å². The summed E-state index contributed by atoms with van der Waals surface area (Å²) in [5.41, 5.74) is 7.51. The van der Waals surface area contributed by atoms with Crippen molar-refractivity contribution >= 4 is 22.4 Å². The second-order valence-electron chi connectivity index (χ2n) is 5.08. The summed E-state index contributed by atoms with van der Waals surface area (Å²) in [6.45, 7) is 2.42. The average Bonchev–Trinajstić information content (AvgIpc) is 2.95. The minimum atomic E-state index is -0.197. The molecule has 110 valence electrons. The number of nitrogens with one attached hydrogen (secondary N) is 1. The van der Waals surface area contributed by atoms with Gasteiger partial charge in [-0.15, -0.1) is 11.3 Å². The molecular formula is C15H17N3O2S. The number of aromatic nitrogens is 1. The van der Waals surface area contributed by atoms with E-state index in [-0.39, 0.29) is 17.9 Å². The van der Waals surface area contributed by atoms with Gasteiger partial charge < -0.3 is 15.8 Å². The number of nitrogens with zero attached hydrogens (tertiary/aromatic N) is 1. The summed E-state index contributed by atoms with van der Waals surface area (Å²) < 4.78 is 5.58. The number of para-hydroxylation sites is 1. The summed E-state index contributed by atoms with van der Waals surface area (Å²) in [6.07, 6.45) is 0.675. The zero-order chi connectivity index (χ0) is 14.8. The molecule has 1 aliphatic rings. The highest BCUT2D eigenvalue weighted by molar-refractivity contribution is 7.13. The van der Waals surface area contributed by atoms with E-state index in [1.54, 1.807) is 0 Å². The third kappa shape index (κ3) is 2.91. The summed E-state index contributed by atoms with van der Waals surface area (Å²) in [4.78, 5) is 16.8. The van der Waals surface area contributed by atoms with Gasteiger partial charge in [0, 0.05) is 17.0 Å². The van der Waals surface area contributed by atoms with Crippen molar-refractivity contribution in [2.75, 3.05) is 11.9 Å². The van der Waals surface area contributed by atoms with Crippen molar-refractivity contribution in [2.45, 2.75) is 25.3 Å². The highest BCUT2D eigenvalue weighted by Crippen LogP contribution is 2.34. The highest BCUT2D eigenvalue weighted by Gasteiger charge is 2.27. The Hall–Kier alpha value is -1.92. The van der Waals surface area contributed by atoms with E-state index < -0.39 is 0 Å². The standard InChI is InChI=1S/C15H17N3O2S/c1-9(16)12-8-21-15(17-12)18-14(19)11-6-7-20-13-5-3-2-4-10(11)13/h2-5,8-9,11H,6-7,16H2,1H3,(H,17,18,19). The molecule has 2 heterocycles. The highest BCUT2D eigenvalue weighted by atomic mass is 32.1. The van der Waals surface area contributed by atoms with Crippen molar-refractivity contribution in [1.82, 2.24) is 4.98 Å². The van der Waals surface area contributed by atoms with E-state index in [1.807, 2.05) is 36.6 Å². The molecule has 3 rings (SSSR count). The molecule has 1 aromatic heterocycles. The molecule has 2 atom stereocenters. The smallest absolute Gasteiger partial charge is 0.233 e. The molecular weight excluding hydrogens is 286 g/mol. The van der Waals surface area contributed by atoms with Gasteiger partial charge in [0.25, 0.3) is 0 Å². The fourth-order valence-corrected chi connectivity index (χ4v) is 3.18. The minimum absolute atomic E-state index is 0.0451. The molecule has 0 spiro atoms. The Morgan fingerprint density at radius 1 is 1.52 bits per heavy atom. The van der Waals surface area contributed by atoms with E-state index in [1.165, 1.54) is 11.3 Å². The summed E-state index contributed by atoms with van der Waals surface area (Å²) in [6, 6.07) is 7.54. The van der Waals surface area contributed by atoms with Gasteiger partial charge in [-0.2, -0.15) is 0 Å². The lowest BCUT2D eigenvalue weighted by Gasteiger charge is -2.24. The fourth-order valence-electron chi connectivity index (χ4n) is 2.36. The Kier molecular flexibility index (Phi) is 3.90. The predicted octanol–water partition coefficient (Wildman–Crippen LogP) is 2.67. The molecule has 0 fully saturated rings. The Morgan fingerprint density at radius 3 is 3.10 bits per heavy atom. The predicted molar refractivity (Wildman–Crippen MR) is 82.6 cm³/mol. The Labute approximate surface area is 127 Å². The van der Waals surface area contributed by atoms with E-state index in [4.69, 9.17) is 10.5 Å². The largest absolute Gasteiger partial charge is 0.493 e. The lowest BCUT2D eigenvalue weighted by molar-refractivity contribution is -0.118. The zero-order valence-electron chi connectivity index (χ0n) is 11.7. The number of carbonyl (C=O) groups excluding carboxylic acids is 1. The van der Waals surface area contributed by atoms with Crippen LogP contribution in [0.1, 0.15) is 36.6 Å². The number of ether oxygens (including phenoxy) is 1. The molecule has 2 aromatic rings. The molecule has 0 aliphatic carbocycles. The van der Waals surface area contributed by atoms with Crippen molar-refractivity contribution in [3.05, 3.63) is 40.9 Å². The van der Waals surface area contributed by atoms with Crippen LogP contribution >= 0.6 is 11.3 Å². The van der Waals surface area contributed by atoms with E-state index >= 15 is 0 Å². The van der Waals surface area contributed by atoms with E-state index in [9.17, 15) is 4.79 Å². The van der Waals surface area contributed by atoms with Crippen LogP contribution in [0.25, 0.3) is 0 Å². The lowest BCUT2D eigenvalue weighted by Crippen LogP contribution is -2.26. The summed E-state index contributed by atoms with van der Waals surface area (Å²) in [5, 5.41) is 5.35. The molecule has 1 amide bonds. The Morgan fingerprint density at radius 2 is 2.33 bits per heavy atom. The van der Waals surface area contributed by atoms with Gasteiger partial charge in [0.2, 0.25) is 5.91 Å². The third-order valence-electron chi connectivity index (χ3n) is 3.49. The van der Waals surface area contributed by atoms with Crippen molar-refractivity contribution < 1.29 is 9.53 Å². The van der Waals surface area contributed by atoms with Crippen molar-refractivity contribution in [1.29, 1.82) is 0 Å². The van der Waals surface area contributed by atoms with Gasteiger partial charge in [0.05, 0.1) is 18.2 Å². The maximum Gasteiger partial charge on any atom is 0.233 e. The SMILES string of the molecule is CC(N)c1csc(NC(=O)C2CCOc3ccccc32)n1. The first-order valence-corrected chi connectivity index (χ1v) is 7.76. The third-order valence-corrected chi connectivity index (χ3v) is 4.27. The normalized spacial score (nSPS) is 18.5. The van der Waals surface area contributed by atoms with Gasteiger partial charge in [0.15, 0.2) is 5.13 Å². The second kappa shape index (κ2) is 5.83. The molecule has 1 aliphatic heterocycles. The molecule has 2 unspecified atom stereocenters. The van der Waals surface area contributed by atoms with Crippen LogP contribution in [0.2, 0.25) is 0 Å². The average molecular weight is 303 g/mol. The molecule has 0 radical (unpaired) electrons. The van der Waals surface area contributed by atoms with Crippen LogP contribution in [0.4, 0.5) is 5.13 Å². The quantitative estimate of drug-likeness (QED) is 0.914. The number of anilines is 1. The van der Waals surface area contributed by atoms with Gasteiger partial charge in [-0.1, -0.05) is 18.2 Å². The first-order chi connectivity index (χ1) is 10.1. The Bertz CT molecular complexity index is 654. The molecule has 0 saturated carbocycles. The fraction of sp³-hybridized carbons (Fsp3) is 0.333. The Balaban J connectivity index is 1.77. The number of amides is 1. The van der Waals surface area contributed by atoms with E-state index in [0.717, 1.165) is 17.0 Å². The van der Waals surface area contributed by atoms with Crippen molar-refractivity contribution in [3.63, 3.8) is 0 Å². The molecule has 6 heteroatoms. The van der Waals surface area contributed by atoms with Crippen LogP contribution in [0.5, 0.6) is 5.75 Å². The summed E-state index contributed by atoms with van der Waals surface area (Å²) >= 11 is 1.40. The molecule has 21 heavy (non-hydrogen) atoms. The maximum atomic E-state index is 12.5. The first-order valence-electron chi connectivity index (χ1n) is 6.88. The van der Waals surface area contributed by atoms with Crippen LogP contribution in [0.3, 0.4) is 0 Å². The van der Waals surface area contributed by atoms with Crippen molar-refractivity contribution in [3.8, 4) is 5.75 Å². The summed E-state index contributed by atoms with van der Waals surface area (Å²) in [7, 11) is 0. The van der Waals surface area contributed by atoms with Gasteiger partial charge in [0.1, 0.15) is 5.75 Å². The lowest BCUT2D eigenvalue weighted by atomic mass is 9.92. The zero-order valence-corrected chi connectivity index (χ0v) is 12.5. The molecule has 5 nitrogen and oxygen atoms in total. The van der Waals surface area contributed by atoms with E-state index in [2.05, 4.69) is 10.3 Å². The van der Waals surface area contributed by atoms with Crippen molar-refractivity contribution in [2.24, 2.45) is 5.73 Å². The number of fused-ring (bicyclic) bond motifs is 1. The van der Waals surface area contributed by atoms with Crippen LogP contribution in [-0.2, 0) is 4.79 Å². The van der Waals surface area contributed by atoms with Crippen LogP contribution in [0, 0.1) is 0 Å². The molecule has 0 saturated heterocycles. The number of benzene rings is 1. The number of rotatable bonds is 3. The van der Waals surface area contributed by atoms with Gasteiger partial charge >= 0.3 is 0 Å². The number of hydrogen-bond donors (Lipinski definition) is 2. The van der Waals surface area contributed by atoms with E-state index in [0.29, 0.717) is 18.2 Å². The summed E-state index contributed by atoms with van der Waals surface area (Å²) in [5.74, 6) is 0.549. The molecule has 1 aromatic carbocycles. The second-order valence-corrected chi connectivity index (χ2v) is 5.94. The number of thiazole rings is 1. The molecule has 0 bridgehead atoms. The maximum absolute atomic E-state index is 12.5. The van der Waals surface area contributed by atoms with Gasteiger partial charge in [-0.05, 0) is 19.4 Å². The number of carbonyl (C=O) groups is 1. The monoisotopic (exact) mass is 303 g/mol. The minimum Gasteiger partial charge on any atom is -0.493 e. The first kappa shape index (κ1) is 14.0. The molecule has 3 N–H and O–H groups in total. The number of nitrogens with two attached hydrogens (primary N) is 1.